The van der Waals surface area contributed by atoms with Crippen molar-refractivity contribution in [1.82, 2.24) is 10.2 Å². The zero-order valence-corrected chi connectivity index (χ0v) is 12.8. The van der Waals surface area contributed by atoms with E-state index < -0.39 is 11.6 Å². The van der Waals surface area contributed by atoms with Crippen molar-refractivity contribution in [1.29, 1.82) is 0 Å². The molecule has 2 aliphatic rings. The number of amides is 2. The molecular weight excluding hydrogens is 321 g/mol. The van der Waals surface area contributed by atoms with Crippen LogP contribution in [0.15, 0.2) is 0 Å². The highest BCUT2D eigenvalue weighted by Crippen LogP contribution is 2.31. The minimum absolute atomic E-state index is 0.00622. The lowest BCUT2D eigenvalue weighted by molar-refractivity contribution is -0.137. The van der Waals surface area contributed by atoms with Crippen molar-refractivity contribution in [2.75, 3.05) is 25.5 Å². The van der Waals surface area contributed by atoms with E-state index in [9.17, 15) is 22.8 Å². The highest BCUT2D eigenvalue weighted by molar-refractivity contribution is 8.00. The maximum absolute atomic E-state index is 12.5. The monoisotopic (exact) mass is 340 g/mol. The quantitative estimate of drug-likeness (QED) is 0.843. The molecule has 2 aliphatic heterocycles. The van der Waals surface area contributed by atoms with Gasteiger partial charge in [-0.2, -0.15) is 13.2 Å². The lowest BCUT2D eigenvalue weighted by Crippen LogP contribution is -2.50. The van der Waals surface area contributed by atoms with Gasteiger partial charge < -0.3 is 15.0 Å². The molecule has 1 unspecified atom stereocenters. The van der Waals surface area contributed by atoms with Gasteiger partial charge in [-0.3, -0.25) is 9.59 Å². The number of carbonyl (C=O) groups excluding carboxylic acids is 2. The minimum Gasteiger partial charge on any atom is -0.381 e. The Morgan fingerprint density at radius 3 is 2.59 bits per heavy atom. The molecule has 0 aromatic rings. The third kappa shape index (κ3) is 5.05. The number of thioether (sulfide) groups is 1. The SMILES string of the molecule is O=C1CCN(C2CCOCC2)C(=O)C(CCSC(F)(F)F)N1. The maximum atomic E-state index is 12.5. The summed E-state index contributed by atoms with van der Waals surface area (Å²) in [5, 5.41) is 2.54. The predicted octanol–water partition coefficient (Wildman–Crippen LogP) is 1.53. The first kappa shape index (κ1) is 17.4. The fraction of sp³-hybridized carbons (Fsp3) is 0.846. The Morgan fingerprint density at radius 1 is 1.27 bits per heavy atom. The zero-order valence-electron chi connectivity index (χ0n) is 12.0. The lowest BCUT2D eigenvalue weighted by atomic mass is 10.1. The van der Waals surface area contributed by atoms with Crippen LogP contribution in [-0.2, 0) is 14.3 Å². The van der Waals surface area contributed by atoms with E-state index in [1.165, 1.54) is 0 Å². The summed E-state index contributed by atoms with van der Waals surface area (Å²) in [5.74, 6) is -0.813. The standard InChI is InChI=1S/C13H19F3N2O3S/c14-13(15,16)22-8-4-10-12(20)18(5-1-11(19)17-10)9-2-6-21-7-3-9/h9-10H,1-8H2,(H,17,19). The molecule has 0 bridgehead atoms. The van der Waals surface area contributed by atoms with E-state index in [1.807, 2.05) is 0 Å². The molecule has 2 heterocycles. The summed E-state index contributed by atoms with van der Waals surface area (Å²) in [5.41, 5.74) is -4.32. The Labute approximate surface area is 130 Å². The minimum atomic E-state index is -4.32. The number of nitrogens with one attached hydrogen (secondary N) is 1. The van der Waals surface area contributed by atoms with Crippen LogP contribution in [0, 0.1) is 0 Å². The van der Waals surface area contributed by atoms with Gasteiger partial charge in [-0.05, 0) is 19.3 Å². The van der Waals surface area contributed by atoms with Crippen LogP contribution in [0.1, 0.15) is 25.7 Å². The number of ether oxygens (including phenoxy) is 1. The van der Waals surface area contributed by atoms with Crippen molar-refractivity contribution < 1.29 is 27.5 Å². The molecular formula is C13H19F3N2O3S. The number of halogens is 3. The average molecular weight is 340 g/mol. The van der Waals surface area contributed by atoms with Crippen LogP contribution >= 0.6 is 11.8 Å². The molecule has 0 aromatic carbocycles. The number of alkyl halides is 3. The van der Waals surface area contributed by atoms with Gasteiger partial charge in [0.2, 0.25) is 11.8 Å². The smallest absolute Gasteiger partial charge is 0.381 e. The summed E-state index contributed by atoms with van der Waals surface area (Å²) < 4.78 is 41.9. The number of hydrogen-bond acceptors (Lipinski definition) is 4. The highest BCUT2D eigenvalue weighted by Gasteiger charge is 2.35. The molecule has 5 nitrogen and oxygen atoms in total. The summed E-state index contributed by atoms with van der Waals surface area (Å²) in [6.45, 7) is 1.44. The molecule has 0 spiro atoms. The van der Waals surface area contributed by atoms with Gasteiger partial charge in [0.05, 0.1) is 0 Å². The van der Waals surface area contributed by atoms with Gasteiger partial charge in [-0.15, -0.1) is 0 Å². The molecule has 2 fully saturated rings. The van der Waals surface area contributed by atoms with E-state index in [-0.39, 0.29) is 48.2 Å². The number of nitrogens with zero attached hydrogens (tertiary/aromatic N) is 1. The topological polar surface area (TPSA) is 58.6 Å². The van der Waals surface area contributed by atoms with Crippen LogP contribution in [-0.4, -0.2) is 59.8 Å². The molecule has 2 rings (SSSR count). The molecule has 22 heavy (non-hydrogen) atoms. The summed E-state index contributed by atoms with van der Waals surface area (Å²) in [6, 6.07) is -0.862. The Balaban J connectivity index is 1.97. The van der Waals surface area contributed by atoms with Crippen LogP contribution < -0.4 is 5.32 Å². The Kier molecular flexibility index (Phi) is 5.96. The van der Waals surface area contributed by atoms with Crippen LogP contribution in [0.2, 0.25) is 0 Å². The predicted molar refractivity (Wildman–Crippen MR) is 75.2 cm³/mol. The molecule has 0 aromatic heterocycles. The normalized spacial score (nSPS) is 25.0. The fourth-order valence-electron chi connectivity index (χ4n) is 2.71. The summed E-state index contributed by atoms with van der Waals surface area (Å²) in [6.07, 6.45) is 1.56. The van der Waals surface area contributed by atoms with E-state index in [2.05, 4.69) is 5.32 Å². The first-order valence-corrected chi connectivity index (χ1v) is 8.23. The molecule has 2 amide bonds. The molecule has 0 aliphatic carbocycles. The van der Waals surface area contributed by atoms with Gasteiger partial charge in [0.15, 0.2) is 0 Å². The molecule has 9 heteroatoms. The fourth-order valence-corrected chi connectivity index (χ4v) is 3.29. The first-order valence-electron chi connectivity index (χ1n) is 7.25. The molecule has 0 radical (unpaired) electrons. The molecule has 126 valence electrons. The van der Waals surface area contributed by atoms with E-state index >= 15 is 0 Å². The number of rotatable bonds is 4. The van der Waals surface area contributed by atoms with Gasteiger partial charge in [-0.1, -0.05) is 11.8 Å². The second-order valence-corrected chi connectivity index (χ2v) is 6.49. The summed E-state index contributed by atoms with van der Waals surface area (Å²) in [4.78, 5) is 25.9. The second-order valence-electron chi connectivity index (χ2n) is 5.33. The van der Waals surface area contributed by atoms with Crippen molar-refractivity contribution >= 4 is 23.6 Å². The van der Waals surface area contributed by atoms with E-state index in [4.69, 9.17) is 4.74 Å². The Bertz CT molecular complexity index is 414. The van der Waals surface area contributed by atoms with Gasteiger partial charge in [0.1, 0.15) is 6.04 Å². The second kappa shape index (κ2) is 7.54. The third-order valence-electron chi connectivity index (χ3n) is 3.80. The average Bonchev–Trinajstić information content (AvgIpc) is 2.59. The van der Waals surface area contributed by atoms with E-state index in [1.54, 1.807) is 4.90 Å². The lowest BCUT2D eigenvalue weighted by Gasteiger charge is -2.34. The van der Waals surface area contributed by atoms with Gasteiger partial charge in [-0.25, -0.2) is 0 Å². The van der Waals surface area contributed by atoms with Crippen LogP contribution in [0.4, 0.5) is 13.2 Å². The largest absolute Gasteiger partial charge is 0.441 e. The maximum Gasteiger partial charge on any atom is 0.441 e. The Morgan fingerprint density at radius 2 is 1.95 bits per heavy atom. The zero-order chi connectivity index (χ0) is 16.2. The number of hydrogen-bond donors (Lipinski definition) is 1. The third-order valence-corrected chi connectivity index (χ3v) is 4.57. The van der Waals surface area contributed by atoms with Gasteiger partial charge in [0, 0.05) is 38.0 Å². The summed E-state index contributed by atoms with van der Waals surface area (Å²) >= 11 is -0.168. The molecule has 0 saturated carbocycles. The van der Waals surface area contributed by atoms with Crippen LogP contribution in [0.3, 0.4) is 0 Å². The summed E-state index contributed by atoms with van der Waals surface area (Å²) in [7, 11) is 0. The highest BCUT2D eigenvalue weighted by atomic mass is 32.2. The van der Waals surface area contributed by atoms with E-state index in [0.717, 1.165) is 0 Å². The van der Waals surface area contributed by atoms with Crippen LogP contribution in [0.25, 0.3) is 0 Å². The molecule has 2 saturated heterocycles. The Hall–Kier alpha value is -0.960. The van der Waals surface area contributed by atoms with E-state index in [0.29, 0.717) is 32.6 Å². The van der Waals surface area contributed by atoms with Crippen molar-refractivity contribution in [3.05, 3.63) is 0 Å². The van der Waals surface area contributed by atoms with Crippen molar-refractivity contribution in [3.63, 3.8) is 0 Å². The van der Waals surface area contributed by atoms with Crippen molar-refractivity contribution in [2.45, 2.75) is 43.3 Å². The van der Waals surface area contributed by atoms with Crippen LogP contribution in [0.5, 0.6) is 0 Å². The van der Waals surface area contributed by atoms with Crippen molar-refractivity contribution in [2.24, 2.45) is 0 Å². The molecule has 1 N–H and O–H groups in total. The number of carbonyl (C=O) groups is 2. The molecule has 1 atom stereocenters. The van der Waals surface area contributed by atoms with Crippen molar-refractivity contribution in [3.8, 4) is 0 Å². The van der Waals surface area contributed by atoms with Gasteiger partial charge >= 0.3 is 5.51 Å². The first-order chi connectivity index (χ1) is 10.4. The van der Waals surface area contributed by atoms with Gasteiger partial charge in [0.25, 0.3) is 0 Å².